The highest BCUT2D eigenvalue weighted by Gasteiger charge is 2.28. The molecular weight excluding hydrogens is 298 g/mol. The average molecular weight is 329 g/mol. The Labute approximate surface area is 140 Å². The Hall–Kier alpha value is -0.930. The first-order chi connectivity index (χ1) is 10.1. The smallest absolute Gasteiger partial charge is 0.179 e. The minimum atomic E-state index is 0.177. The van der Waals surface area contributed by atoms with Crippen LogP contribution in [-0.4, -0.2) is 19.3 Å². The number of methoxy groups -OCH3 is 1. The highest BCUT2D eigenvalue weighted by atomic mass is 35.5. The normalized spacial score (nSPS) is 12.4. The minimum absolute atomic E-state index is 0.177. The minimum Gasteiger partial charge on any atom is -0.493 e. The second-order valence-corrected chi connectivity index (χ2v) is 8.08. The molecule has 2 N–H and O–H groups in total. The van der Waals surface area contributed by atoms with Crippen molar-refractivity contribution in [3.8, 4) is 11.5 Å². The summed E-state index contributed by atoms with van der Waals surface area (Å²) in [4.78, 5) is 0. The predicted molar refractivity (Wildman–Crippen MR) is 93.0 cm³/mol. The van der Waals surface area contributed by atoms with Crippen LogP contribution >= 0.6 is 11.6 Å². The predicted octanol–water partition coefficient (Wildman–Crippen LogP) is 4.03. The van der Waals surface area contributed by atoms with Gasteiger partial charge in [0.2, 0.25) is 0 Å². The van der Waals surface area contributed by atoms with Crippen molar-refractivity contribution in [1.82, 2.24) is 0 Å². The molecule has 0 heterocycles. The Kier molecular flexibility index (Phi) is 6.57. The second kappa shape index (κ2) is 7.56. The molecule has 0 saturated heterocycles. The van der Waals surface area contributed by atoms with Crippen LogP contribution in [0.4, 0.5) is 0 Å². The molecule has 0 amide bonds. The van der Waals surface area contributed by atoms with E-state index in [1.807, 2.05) is 19.1 Å². The van der Waals surface area contributed by atoms with Gasteiger partial charge in [-0.25, -0.2) is 0 Å². The van der Waals surface area contributed by atoms with Crippen LogP contribution in [0.25, 0.3) is 0 Å². The summed E-state index contributed by atoms with van der Waals surface area (Å²) in [6.07, 6.45) is 1.14. The fraction of sp³-hybridized carbons (Fsp3) is 0.667. The van der Waals surface area contributed by atoms with Gasteiger partial charge in [0.25, 0.3) is 0 Å². The van der Waals surface area contributed by atoms with E-state index in [1.54, 1.807) is 7.11 Å². The molecule has 0 bridgehead atoms. The average Bonchev–Trinajstić information content (AvgIpc) is 2.36. The van der Waals surface area contributed by atoms with E-state index < -0.39 is 0 Å². The van der Waals surface area contributed by atoms with E-state index in [0.717, 1.165) is 18.5 Å². The van der Waals surface area contributed by atoms with Crippen molar-refractivity contribution in [3.05, 3.63) is 22.7 Å². The number of ether oxygens (including phenoxy) is 2. The van der Waals surface area contributed by atoms with E-state index in [1.165, 1.54) is 0 Å². The lowest BCUT2D eigenvalue weighted by Crippen LogP contribution is -2.94. The lowest BCUT2D eigenvalue weighted by Gasteiger charge is -2.30. The molecule has 0 aromatic heterocycles. The van der Waals surface area contributed by atoms with Crippen molar-refractivity contribution < 1.29 is 14.8 Å². The molecule has 1 aromatic rings. The SMILES string of the molecule is CCOc1c(Cl)cc(C[NH2+]C(C)(C)CC(C)(C)C)cc1OC. The monoisotopic (exact) mass is 328 g/mol. The number of hydrogen-bond acceptors (Lipinski definition) is 2. The van der Waals surface area contributed by atoms with Gasteiger partial charge in [-0.05, 0) is 38.3 Å². The van der Waals surface area contributed by atoms with Gasteiger partial charge in [0, 0.05) is 12.0 Å². The van der Waals surface area contributed by atoms with E-state index in [4.69, 9.17) is 21.1 Å². The maximum absolute atomic E-state index is 6.33. The molecule has 0 atom stereocenters. The molecular formula is C18H31ClNO2+. The first kappa shape index (κ1) is 19.1. The highest BCUT2D eigenvalue weighted by Crippen LogP contribution is 2.36. The number of hydrogen-bond donors (Lipinski definition) is 1. The highest BCUT2D eigenvalue weighted by molar-refractivity contribution is 6.32. The Morgan fingerprint density at radius 1 is 1.14 bits per heavy atom. The zero-order chi connectivity index (χ0) is 17.0. The molecule has 3 nitrogen and oxygen atoms in total. The molecule has 4 heteroatoms. The summed E-state index contributed by atoms with van der Waals surface area (Å²) < 4.78 is 11.0. The zero-order valence-corrected chi connectivity index (χ0v) is 15.8. The Bertz CT molecular complexity index is 493. The van der Waals surface area contributed by atoms with Gasteiger partial charge in [0.15, 0.2) is 11.5 Å². The van der Waals surface area contributed by atoms with Gasteiger partial charge >= 0.3 is 0 Å². The maximum atomic E-state index is 6.33. The molecule has 0 unspecified atom stereocenters. The van der Waals surface area contributed by atoms with Crippen LogP contribution < -0.4 is 14.8 Å². The second-order valence-electron chi connectivity index (χ2n) is 7.68. The van der Waals surface area contributed by atoms with Crippen LogP contribution in [-0.2, 0) is 6.54 Å². The summed E-state index contributed by atoms with van der Waals surface area (Å²) in [6.45, 7) is 14.8. The molecule has 0 aliphatic rings. The van der Waals surface area contributed by atoms with Gasteiger partial charge in [-0.2, -0.15) is 0 Å². The van der Waals surface area contributed by atoms with E-state index >= 15 is 0 Å². The number of quaternary nitrogens is 1. The summed E-state index contributed by atoms with van der Waals surface area (Å²) in [7, 11) is 1.64. The first-order valence-electron chi connectivity index (χ1n) is 7.91. The number of benzene rings is 1. The molecule has 0 radical (unpaired) electrons. The molecule has 0 aliphatic heterocycles. The topological polar surface area (TPSA) is 35.1 Å². The van der Waals surface area contributed by atoms with Crippen molar-refractivity contribution in [2.45, 2.75) is 60.0 Å². The third-order valence-corrected chi connectivity index (χ3v) is 3.73. The number of nitrogens with two attached hydrogens (primary N) is 1. The van der Waals surface area contributed by atoms with Crippen LogP contribution in [0.5, 0.6) is 11.5 Å². The molecule has 0 saturated carbocycles. The van der Waals surface area contributed by atoms with Crippen LogP contribution in [0.3, 0.4) is 0 Å². The summed E-state index contributed by atoms with van der Waals surface area (Å²) in [5, 5.41) is 2.97. The van der Waals surface area contributed by atoms with Gasteiger partial charge in [-0.15, -0.1) is 0 Å². The molecule has 0 aliphatic carbocycles. The molecule has 0 spiro atoms. The summed E-state index contributed by atoms with van der Waals surface area (Å²) >= 11 is 6.33. The molecule has 1 rings (SSSR count). The summed E-state index contributed by atoms with van der Waals surface area (Å²) in [5.41, 5.74) is 1.64. The molecule has 22 heavy (non-hydrogen) atoms. The van der Waals surface area contributed by atoms with E-state index in [-0.39, 0.29) is 5.54 Å². The Morgan fingerprint density at radius 2 is 1.77 bits per heavy atom. The molecule has 126 valence electrons. The molecule has 0 fully saturated rings. The fourth-order valence-electron chi connectivity index (χ4n) is 3.01. The quantitative estimate of drug-likeness (QED) is 0.820. The van der Waals surface area contributed by atoms with Crippen molar-refractivity contribution in [3.63, 3.8) is 0 Å². The first-order valence-corrected chi connectivity index (χ1v) is 8.29. The largest absolute Gasteiger partial charge is 0.493 e. The van der Waals surface area contributed by atoms with Gasteiger partial charge in [-0.1, -0.05) is 32.4 Å². The van der Waals surface area contributed by atoms with Crippen LogP contribution in [0.1, 0.15) is 53.5 Å². The van der Waals surface area contributed by atoms with Crippen LogP contribution in [0.15, 0.2) is 12.1 Å². The maximum Gasteiger partial charge on any atom is 0.179 e. The van der Waals surface area contributed by atoms with E-state index in [2.05, 4.69) is 39.9 Å². The van der Waals surface area contributed by atoms with E-state index in [9.17, 15) is 0 Å². The standard InChI is InChI=1S/C18H30ClNO2/c1-8-22-16-14(19)9-13(10-15(16)21-7)11-20-18(5,6)12-17(2,3)4/h9-10,20H,8,11-12H2,1-7H3/p+1. The van der Waals surface area contributed by atoms with Crippen molar-refractivity contribution in [2.75, 3.05) is 13.7 Å². The lowest BCUT2D eigenvalue weighted by molar-refractivity contribution is -0.737. The Morgan fingerprint density at radius 3 is 2.27 bits per heavy atom. The zero-order valence-electron chi connectivity index (χ0n) is 15.0. The molecule has 1 aromatic carbocycles. The van der Waals surface area contributed by atoms with Gasteiger partial charge in [0.1, 0.15) is 6.54 Å². The number of rotatable bonds is 7. The third-order valence-electron chi connectivity index (χ3n) is 3.45. The van der Waals surface area contributed by atoms with Crippen molar-refractivity contribution in [2.24, 2.45) is 5.41 Å². The van der Waals surface area contributed by atoms with Gasteiger partial charge in [-0.3, -0.25) is 0 Å². The van der Waals surface area contributed by atoms with Crippen molar-refractivity contribution >= 4 is 11.6 Å². The Balaban J connectivity index is 2.84. The third kappa shape index (κ3) is 6.05. The lowest BCUT2D eigenvalue weighted by atomic mass is 9.82. The van der Waals surface area contributed by atoms with Gasteiger partial charge < -0.3 is 14.8 Å². The fourth-order valence-corrected chi connectivity index (χ4v) is 3.30. The van der Waals surface area contributed by atoms with Crippen LogP contribution in [0, 0.1) is 5.41 Å². The van der Waals surface area contributed by atoms with Crippen molar-refractivity contribution in [1.29, 1.82) is 0 Å². The van der Waals surface area contributed by atoms with E-state index in [0.29, 0.717) is 28.5 Å². The summed E-state index contributed by atoms with van der Waals surface area (Å²) in [5.74, 6) is 1.33. The number of halogens is 1. The van der Waals surface area contributed by atoms with Crippen LogP contribution in [0.2, 0.25) is 5.02 Å². The summed E-state index contributed by atoms with van der Waals surface area (Å²) in [6, 6.07) is 3.99. The van der Waals surface area contributed by atoms with Gasteiger partial charge in [0.05, 0.1) is 24.3 Å².